The van der Waals surface area contributed by atoms with Crippen molar-refractivity contribution in [2.45, 2.75) is 61.2 Å². The summed E-state index contributed by atoms with van der Waals surface area (Å²) in [6.45, 7) is 7.82. The molecule has 12 nitrogen and oxygen atoms in total. The van der Waals surface area contributed by atoms with Crippen LogP contribution in [0.1, 0.15) is 51.7 Å². The molecule has 0 saturated carbocycles. The highest BCUT2D eigenvalue weighted by atomic mass is 32.2. The lowest BCUT2D eigenvalue weighted by molar-refractivity contribution is -0.436. The lowest BCUT2D eigenvalue weighted by Crippen LogP contribution is -2.28. The van der Waals surface area contributed by atoms with Crippen molar-refractivity contribution in [3.8, 4) is 0 Å². The summed E-state index contributed by atoms with van der Waals surface area (Å²) in [6.07, 6.45) is 12.1. The topological polar surface area (TPSA) is 190 Å². The van der Waals surface area contributed by atoms with Crippen LogP contribution in [0.4, 0.5) is 11.4 Å². The molecule has 47 heavy (non-hydrogen) atoms. The number of fused-ring (bicyclic) bond motifs is 2. The highest BCUT2D eigenvalue weighted by molar-refractivity contribution is 7.86. The normalized spacial score (nSPS) is 18.2. The fraction of sp³-hybridized carbons (Fsp3) is 0.303. The van der Waals surface area contributed by atoms with Crippen molar-refractivity contribution < 1.29 is 50.3 Å². The number of aliphatic carboxylic acids is 2. The summed E-state index contributed by atoms with van der Waals surface area (Å²) in [5.74, 6) is -1.97. The van der Waals surface area contributed by atoms with Crippen molar-refractivity contribution in [2.75, 3.05) is 18.0 Å². The molecule has 250 valence electrons. The van der Waals surface area contributed by atoms with Gasteiger partial charge in [-0.1, -0.05) is 44.2 Å². The Hall–Kier alpha value is -4.37. The zero-order chi connectivity index (χ0) is 34.9. The Morgan fingerprint density at radius 1 is 0.766 bits per heavy atom. The van der Waals surface area contributed by atoms with Gasteiger partial charge in [-0.2, -0.15) is 21.4 Å². The van der Waals surface area contributed by atoms with E-state index in [4.69, 9.17) is 0 Å². The van der Waals surface area contributed by atoms with E-state index in [2.05, 4.69) is 0 Å². The maximum Gasteiger partial charge on any atom is 0.309 e. The Kier molecular flexibility index (Phi) is 9.84. The molecule has 0 spiro atoms. The number of hydrogen-bond donors (Lipinski definition) is 4. The summed E-state index contributed by atoms with van der Waals surface area (Å²) in [5.41, 5.74) is 2.61. The zero-order valence-corrected chi connectivity index (χ0v) is 27.9. The summed E-state index contributed by atoms with van der Waals surface area (Å²) in [4.78, 5) is 24.1. The largest absolute Gasteiger partial charge is 0.481 e. The van der Waals surface area contributed by atoms with E-state index >= 15 is 0 Å². The van der Waals surface area contributed by atoms with Crippen LogP contribution in [0.3, 0.4) is 0 Å². The standard InChI is InChI=1S/C33H36N2O10S2/c1-32(2)24-20-22(46(40,41)42)12-14-26(24)34(18-16-30(36)37)28(32)10-8-6-5-7-9-11-29-33(3,4)25-21-23(47(43,44)45)13-15-27(25)35(29)19-17-31(38)39/h5-15,20-21H,16-19H2,1-4H3,(H3-,36,37,38,39,40,41,42,43,44,45)/p+1. The van der Waals surface area contributed by atoms with E-state index in [9.17, 15) is 45.7 Å². The highest BCUT2D eigenvalue weighted by Gasteiger charge is 2.45. The Morgan fingerprint density at radius 3 is 1.91 bits per heavy atom. The van der Waals surface area contributed by atoms with Gasteiger partial charge in [0, 0.05) is 41.1 Å². The number of nitrogens with zero attached hydrogens (tertiary/aromatic N) is 2. The van der Waals surface area contributed by atoms with E-state index in [-0.39, 0.29) is 35.7 Å². The summed E-state index contributed by atoms with van der Waals surface area (Å²) in [7, 11) is -8.88. The highest BCUT2D eigenvalue weighted by Crippen LogP contribution is 2.48. The predicted molar refractivity (Wildman–Crippen MR) is 176 cm³/mol. The van der Waals surface area contributed by atoms with Gasteiger partial charge in [0.15, 0.2) is 12.3 Å². The third-order valence-electron chi connectivity index (χ3n) is 8.37. The summed E-state index contributed by atoms with van der Waals surface area (Å²) in [5, 5.41) is 18.6. The van der Waals surface area contributed by atoms with Crippen LogP contribution < -0.4 is 4.90 Å². The second kappa shape index (κ2) is 13.0. The number of anilines is 1. The fourth-order valence-electron chi connectivity index (χ4n) is 6.01. The van der Waals surface area contributed by atoms with E-state index in [1.807, 2.05) is 49.3 Å². The molecule has 0 radical (unpaired) electrons. The fourth-order valence-corrected chi connectivity index (χ4v) is 7.03. The summed E-state index contributed by atoms with van der Waals surface area (Å²) < 4.78 is 68.1. The number of carboxylic acid groups (broad SMARTS) is 2. The average Bonchev–Trinajstić information content (AvgIpc) is 3.31. The minimum absolute atomic E-state index is 0.149. The molecule has 0 aromatic heterocycles. The second-order valence-corrected chi connectivity index (χ2v) is 15.1. The van der Waals surface area contributed by atoms with Crippen LogP contribution in [-0.4, -0.2) is 71.5 Å². The minimum atomic E-state index is -4.44. The molecular weight excluding hydrogens is 649 g/mol. The van der Waals surface area contributed by atoms with Gasteiger partial charge in [0.2, 0.25) is 5.69 Å². The SMILES string of the molecule is CC1(C)C(=CC=CC=CC=CC2=[N+](CCC(=O)O)c3ccc(S(=O)(=O)O)cc3C2(C)C)N(CCC(=O)O)c2ccc(S(=O)(=O)O)cc21. The summed E-state index contributed by atoms with van der Waals surface area (Å²) in [6, 6.07) is 8.48. The van der Waals surface area contributed by atoms with Gasteiger partial charge in [-0.15, -0.1) is 0 Å². The van der Waals surface area contributed by atoms with Crippen LogP contribution in [-0.2, 0) is 40.7 Å². The van der Waals surface area contributed by atoms with Crippen LogP contribution >= 0.6 is 0 Å². The first-order valence-corrected chi connectivity index (χ1v) is 17.5. The second-order valence-electron chi connectivity index (χ2n) is 12.2. The molecule has 0 amide bonds. The molecule has 4 N–H and O–H groups in total. The van der Waals surface area contributed by atoms with Crippen molar-refractivity contribution in [1.82, 2.24) is 0 Å². The predicted octanol–water partition coefficient (Wildman–Crippen LogP) is 4.86. The Bertz CT molecular complexity index is 2000. The van der Waals surface area contributed by atoms with Gasteiger partial charge in [-0.25, -0.2) is 0 Å². The molecule has 2 aliphatic heterocycles. The third-order valence-corrected chi connectivity index (χ3v) is 10.1. The molecule has 0 bridgehead atoms. The Balaban J connectivity index is 1.61. The first-order valence-electron chi connectivity index (χ1n) is 14.6. The molecule has 0 saturated heterocycles. The van der Waals surface area contributed by atoms with Gasteiger partial charge in [0.25, 0.3) is 20.2 Å². The van der Waals surface area contributed by atoms with Crippen LogP contribution in [0.2, 0.25) is 0 Å². The number of hydrogen-bond acceptors (Lipinski definition) is 7. The Morgan fingerprint density at radius 2 is 1.32 bits per heavy atom. The average molecular weight is 686 g/mol. The van der Waals surface area contributed by atoms with Crippen LogP contribution in [0, 0.1) is 0 Å². The number of rotatable bonds is 12. The van der Waals surface area contributed by atoms with Crippen molar-refractivity contribution >= 4 is 49.3 Å². The van der Waals surface area contributed by atoms with Crippen molar-refractivity contribution in [2.24, 2.45) is 0 Å². The van der Waals surface area contributed by atoms with Gasteiger partial charge < -0.3 is 15.1 Å². The summed E-state index contributed by atoms with van der Waals surface area (Å²) >= 11 is 0. The molecular formula is C33H37N2O10S2+. The zero-order valence-electron chi connectivity index (χ0n) is 26.3. The van der Waals surface area contributed by atoms with Crippen molar-refractivity contribution in [1.29, 1.82) is 0 Å². The van der Waals surface area contributed by atoms with E-state index in [1.54, 1.807) is 42.5 Å². The van der Waals surface area contributed by atoms with Crippen molar-refractivity contribution in [3.63, 3.8) is 0 Å². The third kappa shape index (κ3) is 7.46. The minimum Gasteiger partial charge on any atom is -0.481 e. The molecule has 0 unspecified atom stereocenters. The van der Waals surface area contributed by atoms with Crippen LogP contribution in [0.5, 0.6) is 0 Å². The molecule has 0 atom stereocenters. The molecule has 2 aromatic rings. The number of carbonyl (C=O) groups is 2. The first-order chi connectivity index (χ1) is 21.8. The van der Waals surface area contributed by atoms with E-state index in [0.29, 0.717) is 22.5 Å². The van der Waals surface area contributed by atoms with Crippen LogP contribution in [0.15, 0.2) is 94.4 Å². The lowest BCUT2D eigenvalue weighted by atomic mass is 9.81. The molecule has 2 aliphatic rings. The number of allylic oxidation sites excluding steroid dienone is 8. The van der Waals surface area contributed by atoms with Crippen LogP contribution in [0.25, 0.3) is 0 Å². The van der Waals surface area contributed by atoms with E-state index in [0.717, 1.165) is 11.4 Å². The smallest absolute Gasteiger partial charge is 0.309 e. The molecule has 4 rings (SSSR count). The Labute approximate surface area is 273 Å². The first kappa shape index (κ1) is 35.5. The lowest BCUT2D eigenvalue weighted by Gasteiger charge is -2.26. The van der Waals surface area contributed by atoms with Gasteiger partial charge in [-0.3, -0.25) is 18.7 Å². The van der Waals surface area contributed by atoms with Gasteiger partial charge >= 0.3 is 11.9 Å². The monoisotopic (exact) mass is 685 g/mol. The maximum atomic E-state index is 11.8. The molecule has 2 aromatic carbocycles. The molecule has 0 fully saturated rings. The molecule has 0 aliphatic carbocycles. The van der Waals surface area contributed by atoms with E-state index < -0.39 is 43.0 Å². The van der Waals surface area contributed by atoms with E-state index in [1.165, 1.54) is 24.3 Å². The number of benzene rings is 2. The van der Waals surface area contributed by atoms with Gasteiger partial charge in [0.05, 0.1) is 21.6 Å². The number of carboxylic acids is 2. The van der Waals surface area contributed by atoms with Gasteiger partial charge in [-0.05, 0) is 55.8 Å². The van der Waals surface area contributed by atoms with Crippen molar-refractivity contribution in [3.05, 3.63) is 95.8 Å². The quantitative estimate of drug-likeness (QED) is 0.136. The maximum absolute atomic E-state index is 11.8. The molecule has 14 heteroatoms. The van der Waals surface area contributed by atoms with Gasteiger partial charge in [0.1, 0.15) is 6.42 Å². The molecule has 2 heterocycles.